The molecule has 11 aromatic rings. The standard InChI is InChI=1S/C55H35NO2/c1-4-15-36(16-5-1)42-23-14-24-48-54(42)47-32-29-39(33-49(47)55(48,37-17-6-2-7-18-37)38-19-8-3-9-20-38)56(40-27-30-45-43-21-10-12-25-50(43)57-52(45)34-40)41-28-31-46-44-22-11-13-26-51(44)58-53(46)35-41/h1-35H. The predicted octanol–water partition coefficient (Wildman–Crippen LogP) is 15.0. The second-order valence-electron chi connectivity index (χ2n) is 15.2. The van der Waals surface area contributed by atoms with Crippen molar-refractivity contribution in [1.29, 1.82) is 0 Å². The van der Waals surface area contributed by atoms with Crippen molar-refractivity contribution < 1.29 is 8.83 Å². The number of furan rings is 2. The molecule has 1 aliphatic rings. The molecule has 3 heteroatoms. The molecule has 272 valence electrons. The lowest BCUT2D eigenvalue weighted by Crippen LogP contribution is -2.28. The molecule has 0 unspecified atom stereocenters. The summed E-state index contributed by atoms with van der Waals surface area (Å²) in [7, 11) is 0. The van der Waals surface area contributed by atoms with Gasteiger partial charge in [-0.2, -0.15) is 0 Å². The second-order valence-corrected chi connectivity index (χ2v) is 15.2. The summed E-state index contributed by atoms with van der Waals surface area (Å²) < 4.78 is 13.0. The average molecular weight is 742 g/mol. The number of nitrogens with zero attached hydrogens (tertiary/aromatic N) is 1. The third-order valence-corrected chi connectivity index (χ3v) is 12.1. The molecule has 0 saturated heterocycles. The summed E-state index contributed by atoms with van der Waals surface area (Å²) in [5, 5.41) is 4.41. The van der Waals surface area contributed by atoms with Crippen LogP contribution in [0.15, 0.2) is 221 Å². The average Bonchev–Trinajstić information content (AvgIpc) is 3.95. The fourth-order valence-electron chi connectivity index (χ4n) is 9.68. The smallest absolute Gasteiger partial charge is 0.137 e. The Morgan fingerprint density at radius 2 is 0.810 bits per heavy atom. The van der Waals surface area contributed by atoms with Gasteiger partial charge in [0, 0.05) is 50.7 Å². The lowest BCUT2D eigenvalue weighted by atomic mass is 9.67. The van der Waals surface area contributed by atoms with Crippen LogP contribution in [0.3, 0.4) is 0 Å². The SMILES string of the molecule is c1ccc(-c2cccc3c2-c2ccc(N(c4ccc5c(c4)oc4ccccc45)c4ccc5c(c4)oc4ccccc45)cc2C3(c2ccccc2)c2ccccc2)cc1. The summed E-state index contributed by atoms with van der Waals surface area (Å²) in [6, 6.07) is 76.4. The summed E-state index contributed by atoms with van der Waals surface area (Å²) in [5.41, 5.74) is 15.8. The van der Waals surface area contributed by atoms with Crippen molar-refractivity contribution in [2.24, 2.45) is 0 Å². The van der Waals surface area contributed by atoms with E-state index in [1.54, 1.807) is 0 Å². The van der Waals surface area contributed by atoms with Crippen LogP contribution in [-0.4, -0.2) is 0 Å². The first-order chi connectivity index (χ1) is 28.8. The normalized spacial score (nSPS) is 13.0. The minimum absolute atomic E-state index is 0.592. The molecule has 0 atom stereocenters. The van der Waals surface area contributed by atoms with Gasteiger partial charge in [-0.1, -0.05) is 152 Å². The van der Waals surface area contributed by atoms with Crippen LogP contribution in [0.2, 0.25) is 0 Å². The number of fused-ring (bicyclic) bond motifs is 9. The third-order valence-electron chi connectivity index (χ3n) is 12.1. The topological polar surface area (TPSA) is 29.5 Å². The highest BCUT2D eigenvalue weighted by Gasteiger charge is 2.47. The highest BCUT2D eigenvalue weighted by atomic mass is 16.3. The van der Waals surface area contributed by atoms with E-state index in [2.05, 4.69) is 193 Å². The Morgan fingerprint density at radius 1 is 0.328 bits per heavy atom. The number of benzene rings is 9. The molecule has 2 aromatic heterocycles. The van der Waals surface area contributed by atoms with Gasteiger partial charge in [-0.3, -0.25) is 0 Å². The van der Waals surface area contributed by atoms with Crippen molar-refractivity contribution in [1.82, 2.24) is 0 Å². The molecular weight excluding hydrogens is 707 g/mol. The van der Waals surface area contributed by atoms with Gasteiger partial charge in [-0.05, 0) is 93.0 Å². The van der Waals surface area contributed by atoms with E-state index in [1.165, 1.54) is 44.5 Å². The van der Waals surface area contributed by atoms with Crippen LogP contribution in [-0.2, 0) is 5.41 Å². The highest BCUT2D eigenvalue weighted by molar-refractivity contribution is 6.08. The summed E-state index contributed by atoms with van der Waals surface area (Å²) in [6.45, 7) is 0. The van der Waals surface area contributed by atoms with Gasteiger partial charge in [-0.25, -0.2) is 0 Å². The van der Waals surface area contributed by atoms with Crippen LogP contribution in [0, 0.1) is 0 Å². The maximum Gasteiger partial charge on any atom is 0.137 e. The van der Waals surface area contributed by atoms with Gasteiger partial charge < -0.3 is 13.7 Å². The minimum Gasteiger partial charge on any atom is -0.456 e. The van der Waals surface area contributed by atoms with Crippen LogP contribution in [0.1, 0.15) is 22.3 Å². The molecule has 0 spiro atoms. The monoisotopic (exact) mass is 741 g/mol. The summed E-state index contributed by atoms with van der Waals surface area (Å²) in [5.74, 6) is 0. The molecule has 0 saturated carbocycles. The Kier molecular flexibility index (Phi) is 7.14. The number of hydrogen-bond donors (Lipinski definition) is 0. The summed E-state index contributed by atoms with van der Waals surface area (Å²) >= 11 is 0. The number of para-hydroxylation sites is 2. The fourth-order valence-corrected chi connectivity index (χ4v) is 9.68. The molecular formula is C55H35NO2. The van der Waals surface area contributed by atoms with Crippen LogP contribution in [0.4, 0.5) is 17.1 Å². The molecule has 0 bridgehead atoms. The van der Waals surface area contributed by atoms with Crippen molar-refractivity contribution >= 4 is 60.9 Å². The van der Waals surface area contributed by atoms with E-state index in [-0.39, 0.29) is 0 Å². The zero-order chi connectivity index (χ0) is 38.2. The molecule has 9 aromatic carbocycles. The van der Waals surface area contributed by atoms with Crippen molar-refractivity contribution in [2.75, 3.05) is 4.90 Å². The van der Waals surface area contributed by atoms with Crippen LogP contribution in [0.5, 0.6) is 0 Å². The Hall–Kier alpha value is -7.62. The Labute approximate surface area is 335 Å². The summed E-state index contributed by atoms with van der Waals surface area (Å²) in [6.07, 6.45) is 0. The second kappa shape index (κ2) is 12.7. The fraction of sp³-hybridized carbons (Fsp3) is 0.0182. The lowest BCUT2D eigenvalue weighted by molar-refractivity contribution is 0.669. The zero-order valence-corrected chi connectivity index (χ0v) is 31.5. The Bertz CT molecular complexity index is 3190. The maximum absolute atomic E-state index is 6.50. The number of anilines is 3. The van der Waals surface area contributed by atoms with Gasteiger partial charge in [0.25, 0.3) is 0 Å². The first kappa shape index (κ1) is 32.6. The van der Waals surface area contributed by atoms with E-state index in [1.807, 2.05) is 24.3 Å². The van der Waals surface area contributed by atoms with Crippen LogP contribution >= 0.6 is 0 Å². The van der Waals surface area contributed by atoms with Crippen molar-refractivity contribution in [3.63, 3.8) is 0 Å². The molecule has 12 rings (SSSR count). The highest BCUT2D eigenvalue weighted by Crippen LogP contribution is 2.59. The van der Waals surface area contributed by atoms with Crippen molar-refractivity contribution in [3.05, 3.63) is 235 Å². The van der Waals surface area contributed by atoms with E-state index in [0.717, 1.165) is 60.9 Å². The van der Waals surface area contributed by atoms with Gasteiger partial charge in [0.15, 0.2) is 0 Å². The van der Waals surface area contributed by atoms with Crippen LogP contribution < -0.4 is 4.90 Å². The van der Waals surface area contributed by atoms with E-state index in [0.29, 0.717) is 0 Å². The first-order valence-corrected chi connectivity index (χ1v) is 19.8. The van der Waals surface area contributed by atoms with E-state index in [9.17, 15) is 0 Å². The first-order valence-electron chi connectivity index (χ1n) is 19.8. The lowest BCUT2D eigenvalue weighted by Gasteiger charge is -2.35. The van der Waals surface area contributed by atoms with Gasteiger partial charge in [0.1, 0.15) is 22.3 Å². The van der Waals surface area contributed by atoms with Crippen molar-refractivity contribution in [3.8, 4) is 22.3 Å². The van der Waals surface area contributed by atoms with Gasteiger partial charge in [0.2, 0.25) is 0 Å². The molecule has 3 nitrogen and oxygen atoms in total. The van der Waals surface area contributed by atoms with Gasteiger partial charge in [-0.15, -0.1) is 0 Å². The molecule has 0 fully saturated rings. The van der Waals surface area contributed by atoms with Gasteiger partial charge >= 0.3 is 0 Å². The zero-order valence-electron chi connectivity index (χ0n) is 31.5. The molecule has 0 radical (unpaired) electrons. The quantitative estimate of drug-likeness (QED) is 0.170. The van der Waals surface area contributed by atoms with Crippen LogP contribution in [0.25, 0.3) is 66.1 Å². The number of hydrogen-bond acceptors (Lipinski definition) is 3. The van der Waals surface area contributed by atoms with E-state index < -0.39 is 5.41 Å². The van der Waals surface area contributed by atoms with E-state index in [4.69, 9.17) is 8.83 Å². The van der Waals surface area contributed by atoms with Gasteiger partial charge in [0.05, 0.1) is 5.41 Å². The Morgan fingerprint density at radius 3 is 1.40 bits per heavy atom. The minimum atomic E-state index is -0.592. The van der Waals surface area contributed by atoms with E-state index >= 15 is 0 Å². The molecule has 0 N–H and O–H groups in total. The summed E-state index contributed by atoms with van der Waals surface area (Å²) in [4.78, 5) is 2.35. The molecule has 58 heavy (non-hydrogen) atoms. The molecule has 1 aliphatic carbocycles. The maximum atomic E-state index is 6.50. The molecule has 0 aliphatic heterocycles. The third kappa shape index (κ3) is 4.74. The Balaban J connectivity index is 1.15. The molecule has 2 heterocycles. The predicted molar refractivity (Wildman–Crippen MR) is 238 cm³/mol. The van der Waals surface area contributed by atoms with Crippen molar-refractivity contribution in [2.45, 2.75) is 5.41 Å². The largest absolute Gasteiger partial charge is 0.456 e. The number of rotatable bonds is 6. The molecule has 0 amide bonds.